The zero-order chi connectivity index (χ0) is 18.0. The van der Waals surface area contributed by atoms with Gasteiger partial charge in [0.05, 0.1) is 5.56 Å². The highest BCUT2D eigenvalue weighted by molar-refractivity contribution is 7.99. The Labute approximate surface area is 141 Å². The van der Waals surface area contributed by atoms with Gasteiger partial charge in [0.1, 0.15) is 5.54 Å². The van der Waals surface area contributed by atoms with E-state index in [1.807, 2.05) is 0 Å². The average molecular weight is 361 g/mol. The molecule has 1 aliphatic heterocycles. The van der Waals surface area contributed by atoms with E-state index in [4.69, 9.17) is 0 Å². The third kappa shape index (κ3) is 4.23. The summed E-state index contributed by atoms with van der Waals surface area (Å²) in [6.07, 6.45) is -4.01. The molecule has 0 aromatic heterocycles. The lowest BCUT2D eigenvalue weighted by Crippen LogP contribution is -2.54. The van der Waals surface area contributed by atoms with Crippen molar-refractivity contribution in [3.8, 4) is 0 Å². The predicted octanol–water partition coefficient (Wildman–Crippen LogP) is 3.28. The number of aliphatic carboxylic acids is 1. The summed E-state index contributed by atoms with van der Waals surface area (Å²) in [5.41, 5.74) is -1.37. The number of carbonyl (C=O) groups excluding carboxylic acids is 1. The Bertz CT molecular complexity index is 610. The summed E-state index contributed by atoms with van der Waals surface area (Å²) in [7, 11) is 0. The van der Waals surface area contributed by atoms with Gasteiger partial charge in [-0.15, -0.1) is 0 Å². The molecule has 0 radical (unpaired) electrons. The molecule has 1 aromatic carbocycles. The average Bonchev–Trinajstić information content (AvgIpc) is 2.96. The van der Waals surface area contributed by atoms with E-state index in [9.17, 15) is 27.9 Å². The quantitative estimate of drug-likeness (QED) is 0.845. The molecule has 1 aromatic rings. The third-order valence-electron chi connectivity index (χ3n) is 4.11. The molecule has 2 N–H and O–H groups in total. The number of thioether (sulfide) groups is 1. The minimum atomic E-state index is -4.40. The normalized spacial score (nSPS) is 22.2. The summed E-state index contributed by atoms with van der Waals surface area (Å²) in [5, 5.41) is 11.9. The molecule has 2 rings (SSSR count). The van der Waals surface area contributed by atoms with Crippen molar-refractivity contribution in [1.82, 2.24) is 5.32 Å². The number of carbonyl (C=O) groups is 2. The minimum absolute atomic E-state index is 0.0189. The first-order valence-electron chi connectivity index (χ1n) is 7.43. The number of nitrogens with one attached hydrogen (secondary N) is 1. The van der Waals surface area contributed by atoms with E-state index in [2.05, 4.69) is 5.32 Å². The molecule has 0 aliphatic carbocycles. The van der Waals surface area contributed by atoms with Gasteiger partial charge >= 0.3 is 12.1 Å². The minimum Gasteiger partial charge on any atom is -0.479 e. The molecule has 8 heteroatoms. The van der Waals surface area contributed by atoms with E-state index < -0.39 is 29.2 Å². The maximum atomic E-state index is 12.6. The molecule has 1 fully saturated rings. The first-order valence-corrected chi connectivity index (χ1v) is 8.59. The fourth-order valence-corrected chi connectivity index (χ4v) is 3.93. The predicted molar refractivity (Wildman–Crippen MR) is 84.9 cm³/mol. The van der Waals surface area contributed by atoms with Crippen LogP contribution >= 0.6 is 11.8 Å². The van der Waals surface area contributed by atoms with Gasteiger partial charge in [0.25, 0.3) is 0 Å². The van der Waals surface area contributed by atoms with E-state index >= 15 is 0 Å². The lowest BCUT2D eigenvalue weighted by Gasteiger charge is -2.25. The van der Waals surface area contributed by atoms with Crippen LogP contribution in [0.2, 0.25) is 0 Å². The SMILES string of the molecule is CC(CC(=O)NC1(C(=O)O)CCSC1)c1ccc(C(F)(F)F)cc1. The number of carboxylic acid groups (broad SMARTS) is 1. The first-order chi connectivity index (χ1) is 11.1. The molecular formula is C16H18F3NO3S. The molecule has 1 saturated heterocycles. The summed E-state index contributed by atoms with van der Waals surface area (Å²) < 4.78 is 37.7. The Morgan fingerprint density at radius 1 is 1.33 bits per heavy atom. The molecule has 1 amide bonds. The number of carboxylic acids is 1. The van der Waals surface area contributed by atoms with Crippen LogP contribution in [-0.4, -0.2) is 34.0 Å². The molecule has 1 heterocycles. The van der Waals surface area contributed by atoms with Gasteiger partial charge in [-0.25, -0.2) is 4.79 Å². The van der Waals surface area contributed by atoms with Gasteiger partial charge < -0.3 is 10.4 Å². The molecule has 0 saturated carbocycles. The number of halogens is 3. The highest BCUT2D eigenvalue weighted by Crippen LogP contribution is 2.31. The molecule has 0 spiro atoms. The van der Waals surface area contributed by atoms with Gasteiger partial charge in [0.2, 0.25) is 5.91 Å². The molecule has 2 atom stereocenters. The standard InChI is InChI=1S/C16H18F3NO3S/c1-10(11-2-4-12(5-3-11)16(17,18)19)8-13(21)20-15(14(22)23)6-7-24-9-15/h2-5,10H,6-9H2,1H3,(H,20,21)(H,22,23). The Morgan fingerprint density at radius 3 is 2.42 bits per heavy atom. The van der Waals surface area contributed by atoms with Crippen LogP contribution in [-0.2, 0) is 15.8 Å². The maximum Gasteiger partial charge on any atom is 0.416 e. The van der Waals surface area contributed by atoms with Crippen molar-refractivity contribution >= 4 is 23.6 Å². The lowest BCUT2D eigenvalue weighted by molar-refractivity contribution is -0.146. The molecular weight excluding hydrogens is 343 g/mol. The maximum absolute atomic E-state index is 12.6. The van der Waals surface area contributed by atoms with Crippen molar-refractivity contribution in [3.05, 3.63) is 35.4 Å². The van der Waals surface area contributed by atoms with Crippen molar-refractivity contribution in [2.45, 2.75) is 37.4 Å². The van der Waals surface area contributed by atoms with Crippen LogP contribution in [0.15, 0.2) is 24.3 Å². The monoisotopic (exact) mass is 361 g/mol. The highest BCUT2D eigenvalue weighted by Gasteiger charge is 2.43. The number of amides is 1. The highest BCUT2D eigenvalue weighted by atomic mass is 32.2. The Kier molecular flexibility index (Phi) is 5.47. The number of hydrogen-bond acceptors (Lipinski definition) is 3. The molecule has 1 aliphatic rings. The van der Waals surface area contributed by atoms with Crippen LogP contribution in [0, 0.1) is 0 Å². The molecule has 24 heavy (non-hydrogen) atoms. The fraction of sp³-hybridized carbons (Fsp3) is 0.500. The first kappa shape index (κ1) is 18.6. The van der Waals surface area contributed by atoms with Gasteiger partial charge in [0, 0.05) is 12.2 Å². The van der Waals surface area contributed by atoms with Gasteiger partial charge in [-0.05, 0) is 35.8 Å². The summed E-state index contributed by atoms with van der Waals surface area (Å²) in [6, 6.07) is 4.66. The zero-order valence-electron chi connectivity index (χ0n) is 13.0. The molecule has 2 unspecified atom stereocenters. The van der Waals surface area contributed by atoms with E-state index in [1.54, 1.807) is 6.92 Å². The van der Waals surface area contributed by atoms with Crippen LogP contribution in [0.25, 0.3) is 0 Å². The van der Waals surface area contributed by atoms with E-state index in [-0.39, 0.29) is 12.3 Å². The van der Waals surface area contributed by atoms with Gasteiger partial charge in [0.15, 0.2) is 0 Å². The van der Waals surface area contributed by atoms with Crippen molar-refractivity contribution in [2.75, 3.05) is 11.5 Å². The molecule has 0 bridgehead atoms. The fourth-order valence-electron chi connectivity index (χ4n) is 2.60. The number of alkyl halides is 3. The summed E-state index contributed by atoms with van der Waals surface area (Å²) in [6.45, 7) is 1.72. The van der Waals surface area contributed by atoms with Crippen LogP contribution < -0.4 is 5.32 Å². The topological polar surface area (TPSA) is 66.4 Å². The van der Waals surface area contributed by atoms with Crippen LogP contribution in [0.5, 0.6) is 0 Å². The second kappa shape index (κ2) is 7.04. The second-order valence-electron chi connectivity index (χ2n) is 5.96. The Morgan fingerprint density at radius 2 is 1.96 bits per heavy atom. The van der Waals surface area contributed by atoms with Gasteiger partial charge in [-0.1, -0.05) is 19.1 Å². The number of benzene rings is 1. The molecule has 4 nitrogen and oxygen atoms in total. The van der Waals surface area contributed by atoms with Crippen molar-refractivity contribution in [3.63, 3.8) is 0 Å². The van der Waals surface area contributed by atoms with Crippen LogP contribution in [0.3, 0.4) is 0 Å². The van der Waals surface area contributed by atoms with E-state index in [0.29, 0.717) is 23.5 Å². The van der Waals surface area contributed by atoms with Gasteiger partial charge in [-0.2, -0.15) is 24.9 Å². The smallest absolute Gasteiger partial charge is 0.416 e. The lowest BCUT2D eigenvalue weighted by atomic mass is 9.94. The third-order valence-corrected chi connectivity index (χ3v) is 5.30. The largest absolute Gasteiger partial charge is 0.479 e. The van der Waals surface area contributed by atoms with Crippen molar-refractivity contribution < 1.29 is 27.9 Å². The van der Waals surface area contributed by atoms with Crippen LogP contribution in [0.4, 0.5) is 13.2 Å². The summed E-state index contributed by atoms with van der Waals surface area (Å²) in [5.74, 6) is -0.786. The van der Waals surface area contributed by atoms with Crippen molar-refractivity contribution in [2.24, 2.45) is 0 Å². The summed E-state index contributed by atoms with van der Waals surface area (Å²) in [4.78, 5) is 23.6. The van der Waals surface area contributed by atoms with Crippen molar-refractivity contribution in [1.29, 1.82) is 0 Å². The number of hydrogen-bond donors (Lipinski definition) is 2. The van der Waals surface area contributed by atoms with E-state index in [0.717, 1.165) is 12.1 Å². The second-order valence-corrected chi connectivity index (χ2v) is 7.07. The Hall–Kier alpha value is -1.70. The Balaban J connectivity index is 2.00. The number of rotatable bonds is 5. The van der Waals surface area contributed by atoms with Gasteiger partial charge in [-0.3, -0.25) is 4.79 Å². The summed E-state index contributed by atoms with van der Waals surface area (Å²) >= 11 is 1.47. The zero-order valence-corrected chi connectivity index (χ0v) is 13.8. The van der Waals surface area contributed by atoms with E-state index in [1.165, 1.54) is 23.9 Å². The van der Waals surface area contributed by atoms with Crippen LogP contribution in [0.1, 0.15) is 36.8 Å². The molecule has 132 valence electrons.